The maximum atomic E-state index is 12.2. The smallest absolute Gasteiger partial charge is 0.308 e. The lowest BCUT2D eigenvalue weighted by Gasteiger charge is -2.25. The fraction of sp³-hybridized carbons (Fsp3) is 0.731. The summed E-state index contributed by atoms with van der Waals surface area (Å²) >= 11 is 0. The van der Waals surface area contributed by atoms with Gasteiger partial charge in [0.25, 0.3) is 0 Å². The summed E-state index contributed by atoms with van der Waals surface area (Å²) in [6, 6.07) is 10.1. The Kier molecular flexibility index (Phi) is 12.9. The summed E-state index contributed by atoms with van der Waals surface area (Å²) < 4.78 is 5.40. The van der Waals surface area contributed by atoms with E-state index in [0.29, 0.717) is 0 Å². The number of esters is 1. The molecule has 2 unspecified atom stereocenters. The molecule has 0 heterocycles. The number of hydrogen-bond donors (Lipinski definition) is 1. The first-order valence-electron chi connectivity index (χ1n) is 11.8. The molecule has 0 amide bonds. The monoisotopic (exact) mass is 404 g/mol. The van der Waals surface area contributed by atoms with Crippen LogP contribution in [0.4, 0.5) is 0 Å². The lowest BCUT2D eigenvalue weighted by atomic mass is 9.86. The molecule has 0 saturated carbocycles. The SMILES string of the molecule is CCCCCCCCCCCCC(c1ccccc1)C(O)CC(=O)OC(C)(C)C. The molecule has 0 radical (unpaired) electrons. The van der Waals surface area contributed by atoms with E-state index in [2.05, 4.69) is 19.1 Å². The average molecular weight is 405 g/mol. The van der Waals surface area contributed by atoms with Crippen LogP contribution in [0, 0.1) is 0 Å². The molecule has 0 bridgehead atoms. The molecule has 1 aromatic carbocycles. The van der Waals surface area contributed by atoms with E-state index in [1.54, 1.807) is 0 Å². The van der Waals surface area contributed by atoms with Crippen molar-refractivity contribution in [1.82, 2.24) is 0 Å². The highest BCUT2D eigenvalue weighted by Crippen LogP contribution is 2.28. The summed E-state index contributed by atoms with van der Waals surface area (Å²) in [6.07, 6.45) is 13.2. The van der Waals surface area contributed by atoms with Crippen LogP contribution < -0.4 is 0 Å². The third-order valence-electron chi connectivity index (χ3n) is 5.36. The molecule has 29 heavy (non-hydrogen) atoms. The maximum Gasteiger partial charge on any atom is 0.308 e. The van der Waals surface area contributed by atoms with Gasteiger partial charge in [-0.05, 0) is 32.8 Å². The predicted octanol–water partition coefficient (Wildman–Crippen LogP) is 7.17. The number of unbranched alkanes of at least 4 members (excludes halogenated alkanes) is 9. The quantitative estimate of drug-likeness (QED) is 0.249. The molecule has 1 N–H and O–H groups in total. The van der Waals surface area contributed by atoms with Gasteiger partial charge in [-0.1, -0.05) is 101 Å². The van der Waals surface area contributed by atoms with Gasteiger partial charge in [-0.15, -0.1) is 0 Å². The van der Waals surface area contributed by atoms with E-state index in [1.165, 1.54) is 57.8 Å². The van der Waals surface area contributed by atoms with Crippen LogP contribution >= 0.6 is 0 Å². The van der Waals surface area contributed by atoms with E-state index in [-0.39, 0.29) is 18.3 Å². The van der Waals surface area contributed by atoms with Crippen molar-refractivity contribution < 1.29 is 14.6 Å². The Morgan fingerprint density at radius 1 is 0.897 bits per heavy atom. The van der Waals surface area contributed by atoms with Crippen molar-refractivity contribution in [3.8, 4) is 0 Å². The van der Waals surface area contributed by atoms with E-state index < -0.39 is 11.7 Å². The van der Waals surface area contributed by atoms with Crippen molar-refractivity contribution in [2.24, 2.45) is 0 Å². The summed E-state index contributed by atoms with van der Waals surface area (Å²) in [5.74, 6) is -0.341. The number of ether oxygens (including phenoxy) is 1. The molecular formula is C26H44O3. The second kappa shape index (κ2) is 14.6. The average Bonchev–Trinajstić information content (AvgIpc) is 2.65. The van der Waals surface area contributed by atoms with Crippen LogP contribution in [-0.4, -0.2) is 22.8 Å². The van der Waals surface area contributed by atoms with Crippen LogP contribution in [0.3, 0.4) is 0 Å². The summed E-state index contributed by atoms with van der Waals surface area (Å²) in [5.41, 5.74) is 0.592. The minimum atomic E-state index is -0.703. The highest BCUT2D eigenvalue weighted by Gasteiger charge is 2.26. The van der Waals surface area contributed by atoms with Crippen LogP contribution in [0.15, 0.2) is 30.3 Å². The van der Waals surface area contributed by atoms with Crippen molar-refractivity contribution in [2.75, 3.05) is 0 Å². The van der Waals surface area contributed by atoms with Crippen molar-refractivity contribution >= 4 is 5.97 Å². The van der Waals surface area contributed by atoms with Gasteiger partial charge in [0, 0.05) is 5.92 Å². The van der Waals surface area contributed by atoms with Gasteiger partial charge in [0.1, 0.15) is 5.60 Å². The van der Waals surface area contributed by atoms with Gasteiger partial charge in [-0.2, -0.15) is 0 Å². The molecule has 0 aliphatic heterocycles. The normalized spacial score (nSPS) is 13.8. The van der Waals surface area contributed by atoms with E-state index >= 15 is 0 Å². The Morgan fingerprint density at radius 2 is 1.41 bits per heavy atom. The fourth-order valence-electron chi connectivity index (χ4n) is 3.83. The lowest BCUT2D eigenvalue weighted by molar-refractivity contribution is -0.157. The number of aliphatic hydroxyl groups excluding tert-OH is 1. The van der Waals surface area contributed by atoms with Gasteiger partial charge in [0.15, 0.2) is 0 Å². The Morgan fingerprint density at radius 3 is 1.93 bits per heavy atom. The minimum Gasteiger partial charge on any atom is -0.460 e. The Hall–Kier alpha value is -1.35. The molecule has 1 aromatic rings. The molecule has 1 rings (SSSR count). The summed E-state index contributed by atoms with van der Waals surface area (Å²) in [4.78, 5) is 12.2. The third-order valence-corrected chi connectivity index (χ3v) is 5.36. The second-order valence-corrected chi connectivity index (χ2v) is 9.35. The van der Waals surface area contributed by atoms with E-state index in [1.807, 2.05) is 39.0 Å². The van der Waals surface area contributed by atoms with Crippen molar-refractivity contribution in [1.29, 1.82) is 0 Å². The summed E-state index contributed by atoms with van der Waals surface area (Å²) in [5, 5.41) is 10.8. The predicted molar refractivity (Wildman–Crippen MR) is 122 cm³/mol. The van der Waals surface area contributed by atoms with Crippen LogP contribution in [0.1, 0.15) is 116 Å². The molecular weight excluding hydrogens is 360 g/mol. The van der Waals surface area contributed by atoms with Gasteiger partial charge < -0.3 is 9.84 Å². The number of aliphatic hydroxyl groups is 1. The molecule has 2 atom stereocenters. The molecule has 0 aliphatic rings. The molecule has 0 aromatic heterocycles. The molecule has 0 saturated heterocycles. The Labute approximate surface area is 179 Å². The fourth-order valence-corrected chi connectivity index (χ4v) is 3.83. The zero-order valence-electron chi connectivity index (χ0n) is 19.3. The van der Waals surface area contributed by atoms with E-state index in [0.717, 1.165) is 18.4 Å². The van der Waals surface area contributed by atoms with Crippen molar-refractivity contribution in [3.63, 3.8) is 0 Å². The first kappa shape index (κ1) is 25.7. The van der Waals surface area contributed by atoms with Crippen LogP contribution in [0.5, 0.6) is 0 Å². The van der Waals surface area contributed by atoms with Crippen LogP contribution in [0.25, 0.3) is 0 Å². The summed E-state index contributed by atoms with van der Waals surface area (Å²) in [7, 11) is 0. The molecule has 166 valence electrons. The standard InChI is InChI=1S/C26H44O3/c1-5-6-7-8-9-10-11-12-13-17-20-23(22-18-15-14-16-19-22)24(27)21-25(28)29-26(2,3)4/h14-16,18-19,23-24,27H,5-13,17,20-21H2,1-4H3. The van der Waals surface area contributed by atoms with Crippen molar-refractivity contribution in [2.45, 2.75) is 122 Å². The number of carbonyl (C=O) groups excluding carboxylic acids is 1. The first-order chi connectivity index (χ1) is 13.8. The van der Waals surface area contributed by atoms with Crippen LogP contribution in [-0.2, 0) is 9.53 Å². The van der Waals surface area contributed by atoms with Gasteiger partial charge in [0.05, 0.1) is 12.5 Å². The van der Waals surface area contributed by atoms with E-state index in [4.69, 9.17) is 4.74 Å². The zero-order valence-corrected chi connectivity index (χ0v) is 19.3. The van der Waals surface area contributed by atoms with Gasteiger partial charge in [-0.3, -0.25) is 4.79 Å². The molecule has 0 aliphatic carbocycles. The number of carbonyl (C=O) groups is 1. The number of benzene rings is 1. The van der Waals surface area contributed by atoms with E-state index in [9.17, 15) is 9.90 Å². The third kappa shape index (κ3) is 12.7. The maximum absolute atomic E-state index is 12.2. The zero-order chi connectivity index (χ0) is 21.5. The highest BCUT2D eigenvalue weighted by molar-refractivity contribution is 5.70. The van der Waals surface area contributed by atoms with Gasteiger partial charge in [-0.25, -0.2) is 0 Å². The Balaban J connectivity index is 2.40. The highest BCUT2D eigenvalue weighted by atomic mass is 16.6. The lowest BCUT2D eigenvalue weighted by Crippen LogP contribution is -2.29. The largest absolute Gasteiger partial charge is 0.460 e. The minimum absolute atomic E-state index is 0.0160. The van der Waals surface area contributed by atoms with Gasteiger partial charge in [0.2, 0.25) is 0 Å². The topological polar surface area (TPSA) is 46.5 Å². The van der Waals surface area contributed by atoms with Crippen LogP contribution in [0.2, 0.25) is 0 Å². The summed E-state index contributed by atoms with van der Waals surface area (Å²) in [6.45, 7) is 7.83. The number of hydrogen-bond acceptors (Lipinski definition) is 3. The van der Waals surface area contributed by atoms with Gasteiger partial charge >= 0.3 is 5.97 Å². The second-order valence-electron chi connectivity index (χ2n) is 9.35. The molecule has 3 heteroatoms. The van der Waals surface area contributed by atoms with Crippen molar-refractivity contribution in [3.05, 3.63) is 35.9 Å². The molecule has 3 nitrogen and oxygen atoms in total. The Bertz CT molecular complexity index is 533. The molecule has 0 fully saturated rings. The number of rotatable bonds is 15. The molecule has 0 spiro atoms. The first-order valence-corrected chi connectivity index (χ1v) is 11.8.